The number of terminal acetylenes is 1. The monoisotopic (exact) mass is 427 g/mol. The first-order chi connectivity index (χ1) is 11.6. The molecule has 26 heavy (non-hydrogen) atoms. The number of nitrogens with zero attached hydrogens (tertiary/aromatic N) is 3. The molecule has 3 rings (SSSR count). The summed E-state index contributed by atoms with van der Waals surface area (Å²) in [7, 11) is 1.72. The van der Waals surface area contributed by atoms with E-state index in [1.165, 1.54) is 10.8 Å². The van der Waals surface area contributed by atoms with Crippen molar-refractivity contribution in [3.63, 3.8) is 0 Å². The van der Waals surface area contributed by atoms with E-state index >= 15 is 0 Å². The summed E-state index contributed by atoms with van der Waals surface area (Å²) in [6.07, 6.45) is 6.92. The van der Waals surface area contributed by atoms with E-state index in [2.05, 4.69) is 11.0 Å². The zero-order chi connectivity index (χ0) is 17.9. The minimum absolute atomic E-state index is 0. The number of pyridine rings is 1. The fraction of sp³-hybridized carbons (Fsp3) is 0.250. The number of hydrogen-bond donors (Lipinski definition) is 1. The van der Waals surface area contributed by atoms with Gasteiger partial charge in [-0.05, 0) is 18.1 Å². The molecular weight excluding hydrogens is 403 g/mol. The zero-order valence-corrected chi connectivity index (χ0v) is 18.8. The zero-order valence-electron chi connectivity index (χ0n) is 15.9. The van der Waals surface area contributed by atoms with Gasteiger partial charge < -0.3 is 12.5 Å². The van der Waals surface area contributed by atoms with Gasteiger partial charge in [-0.15, -0.1) is 6.42 Å². The number of hydrogen-bond acceptors (Lipinski definition) is 3. The van der Waals surface area contributed by atoms with Crippen LogP contribution in [-0.2, 0) is 46.3 Å². The second-order valence-electron chi connectivity index (χ2n) is 5.14. The quantitative estimate of drug-likeness (QED) is 0.503. The average Bonchev–Trinajstić information content (AvgIpc) is 2.97. The molecule has 0 aliphatic heterocycles. The maximum Gasteiger partial charge on any atom is 0.263 e. The standard InChI is InChI=1S/C17H15N3O2.C2H6.CH3.Y/c1-4-9-20-13-10-18-19(3)15(13)16(21)14(17(20)22)12-8-6-5-7-11(12)2;1-2;;/h1,5-8,10,21H,9H2,2-3H3;1-2H3;1H3;/q;;-1;. The van der Waals surface area contributed by atoms with E-state index in [-0.39, 0.29) is 63.6 Å². The molecule has 2 heterocycles. The molecule has 0 saturated carbocycles. The van der Waals surface area contributed by atoms with Gasteiger partial charge in [-0.1, -0.05) is 44.0 Å². The predicted octanol–water partition coefficient (Wildman–Crippen LogP) is 3.52. The normalized spacial score (nSPS) is 9.35. The summed E-state index contributed by atoms with van der Waals surface area (Å²) in [5, 5.41) is 14.8. The molecule has 0 atom stereocenters. The van der Waals surface area contributed by atoms with Crippen LogP contribution in [0.25, 0.3) is 22.2 Å². The van der Waals surface area contributed by atoms with Gasteiger partial charge in [-0.25, -0.2) is 0 Å². The van der Waals surface area contributed by atoms with Gasteiger partial charge in [0.2, 0.25) is 0 Å². The van der Waals surface area contributed by atoms with Crippen LogP contribution in [0.2, 0.25) is 0 Å². The van der Waals surface area contributed by atoms with E-state index in [0.717, 1.165) is 5.56 Å². The second-order valence-corrected chi connectivity index (χ2v) is 5.14. The summed E-state index contributed by atoms with van der Waals surface area (Å²) in [5.41, 5.74) is 2.56. The molecule has 0 amide bonds. The van der Waals surface area contributed by atoms with E-state index in [1.54, 1.807) is 11.7 Å². The molecule has 0 aliphatic rings. The topological polar surface area (TPSA) is 60.1 Å². The van der Waals surface area contributed by atoms with Crippen LogP contribution in [-0.4, -0.2) is 19.5 Å². The molecule has 0 spiro atoms. The minimum atomic E-state index is -0.315. The van der Waals surface area contributed by atoms with E-state index in [0.29, 0.717) is 16.6 Å². The van der Waals surface area contributed by atoms with Crippen LogP contribution in [0.3, 0.4) is 0 Å². The van der Waals surface area contributed by atoms with Crippen LogP contribution in [0.4, 0.5) is 0 Å². The van der Waals surface area contributed by atoms with Gasteiger partial charge in [0.25, 0.3) is 5.56 Å². The molecule has 5 nitrogen and oxygen atoms in total. The van der Waals surface area contributed by atoms with Gasteiger partial charge in [0.15, 0.2) is 5.75 Å². The van der Waals surface area contributed by atoms with E-state index in [9.17, 15) is 9.90 Å². The average molecular weight is 427 g/mol. The number of aromatic nitrogens is 3. The Kier molecular flexibility index (Phi) is 9.55. The Morgan fingerprint density at radius 3 is 2.46 bits per heavy atom. The third kappa shape index (κ3) is 4.08. The van der Waals surface area contributed by atoms with E-state index < -0.39 is 0 Å². The van der Waals surface area contributed by atoms with Gasteiger partial charge in [-0.2, -0.15) is 5.10 Å². The Morgan fingerprint density at radius 1 is 1.27 bits per heavy atom. The Morgan fingerprint density at radius 2 is 1.88 bits per heavy atom. The van der Waals surface area contributed by atoms with Crippen molar-refractivity contribution in [1.82, 2.24) is 14.3 Å². The van der Waals surface area contributed by atoms with Crippen LogP contribution in [0, 0.1) is 26.7 Å². The van der Waals surface area contributed by atoms with Crippen LogP contribution >= 0.6 is 0 Å². The summed E-state index contributed by atoms with van der Waals surface area (Å²) >= 11 is 0. The molecule has 0 fully saturated rings. The molecular formula is C20H24N3O2Y-. The molecule has 1 aromatic carbocycles. The second kappa shape index (κ2) is 10.3. The first-order valence-corrected chi connectivity index (χ1v) is 7.83. The first kappa shape index (κ1) is 24.1. The number of rotatable bonds is 2. The smallest absolute Gasteiger partial charge is 0.263 e. The van der Waals surface area contributed by atoms with Crippen molar-refractivity contribution in [3.05, 3.63) is 53.8 Å². The van der Waals surface area contributed by atoms with Crippen molar-refractivity contribution < 1.29 is 37.8 Å². The summed E-state index contributed by atoms with van der Waals surface area (Å²) < 4.78 is 3.00. The summed E-state index contributed by atoms with van der Waals surface area (Å²) in [5.74, 6) is 2.42. The number of aromatic hydroxyl groups is 1. The molecule has 0 bridgehead atoms. The summed E-state index contributed by atoms with van der Waals surface area (Å²) in [6.45, 7) is 6.02. The van der Waals surface area contributed by atoms with Crippen molar-refractivity contribution in [2.75, 3.05) is 0 Å². The van der Waals surface area contributed by atoms with Crippen LogP contribution in [0.1, 0.15) is 19.4 Å². The van der Waals surface area contributed by atoms with E-state index in [4.69, 9.17) is 6.42 Å². The van der Waals surface area contributed by atoms with Crippen LogP contribution < -0.4 is 5.56 Å². The third-order valence-electron chi connectivity index (χ3n) is 3.79. The predicted molar refractivity (Wildman–Crippen MR) is 103 cm³/mol. The Hall–Kier alpha value is -1.90. The number of benzene rings is 1. The SMILES string of the molecule is C#CCn1c(=O)c(-c2ccccc2C)c(O)c2c1cnn2C.CC.[CH3-].[Y]. The van der Waals surface area contributed by atoms with Gasteiger partial charge in [0.05, 0.1) is 23.8 Å². The minimum Gasteiger partial charge on any atom is -0.505 e. The molecule has 6 heteroatoms. The van der Waals surface area contributed by atoms with Crippen LogP contribution in [0.5, 0.6) is 5.75 Å². The Bertz CT molecular complexity index is 981. The summed E-state index contributed by atoms with van der Waals surface area (Å²) in [6, 6.07) is 7.43. The largest absolute Gasteiger partial charge is 0.505 e. The fourth-order valence-corrected chi connectivity index (χ4v) is 2.71. The fourth-order valence-electron chi connectivity index (χ4n) is 2.71. The van der Waals surface area contributed by atoms with Crippen LogP contribution in [0.15, 0.2) is 35.3 Å². The van der Waals surface area contributed by atoms with Gasteiger partial charge in [0.1, 0.15) is 5.52 Å². The van der Waals surface area contributed by atoms with Crippen molar-refractivity contribution in [2.24, 2.45) is 7.05 Å². The molecule has 135 valence electrons. The number of aryl methyl sites for hydroxylation is 2. The maximum atomic E-state index is 12.8. The van der Waals surface area contributed by atoms with Crippen molar-refractivity contribution >= 4 is 11.0 Å². The van der Waals surface area contributed by atoms with Gasteiger partial charge in [0, 0.05) is 39.8 Å². The van der Waals surface area contributed by atoms with Crippen molar-refractivity contribution in [1.29, 1.82) is 0 Å². The maximum absolute atomic E-state index is 12.8. The molecule has 0 aliphatic carbocycles. The van der Waals surface area contributed by atoms with E-state index in [1.807, 2.05) is 45.0 Å². The molecule has 1 radical (unpaired) electrons. The van der Waals surface area contributed by atoms with Crippen molar-refractivity contribution in [2.45, 2.75) is 27.3 Å². The van der Waals surface area contributed by atoms with Gasteiger partial charge >= 0.3 is 0 Å². The molecule has 0 unspecified atom stereocenters. The molecule has 2 aromatic heterocycles. The molecule has 0 saturated heterocycles. The third-order valence-corrected chi connectivity index (χ3v) is 3.79. The first-order valence-electron chi connectivity index (χ1n) is 7.83. The molecule has 3 aromatic rings. The molecule has 1 N–H and O–H groups in total. The Balaban J connectivity index is 0.00000151. The summed E-state index contributed by atoms with van der Waals surface area (Å²) in [4.78, 5) is 12.8. The Labute approximate surface area is 179 Å². The van der Waals surface area contributed by atoms with Crippen molar-refractivity contribution in [3.8, 4) is 29.2 Å². The van der Waals surface area contributed by atoms with Gasteiger partial charge in [-0.3, -0.25) is 14.0 Å². The number of fused-ring (bicyclic) bond motifs is 1.